The molecule has 1 atom stereocenters. The number of benzene rings is 2. The predicted octanol–water partition coefficient (Wildman–Crippen LogP) is 4.67. The molecule has 1 amide bonds. The van der Waals surface area contributed by atoms with Gasteiger partial charge in [-0.15, -0.1) is 0 Å². The molecule has 0 unspecified atom stereocenters. The molecule has 1 aliphatic rings. The lowest BCUT2D eigenvalue weighted by atomic mass is 10.00. The molecule has 2 aromatic carbocycles. The van der Waals surface area contributed by atoms with Crippen LogP contribution >= 0.6 is 0 Å². The number of likely N-dealkylation sites (tertiary alicyclic amines) is 1. The second-order valence-corrected chi connectivity index (χ2v) is 6.88. The Balaban J connectivity index is 1.59. The Hall–Kier alpha value is -2.95. The molecular weight excluding hydrogens is 338 g/mol. The molecule has 0 spiro atoms. The molecule has 0 aliphatic carbocycles. The molecule has 0 N–H and O–H groups in total. The maximum Gasteiger partial charge on any atom is 0.254 e. The van der Waals surface area contributed by atoms with Gasteiger partial charge in [-0.05, 0) is 43.4 Å². The fourth-order valence-corrected chi connectivity index (χ4v) is 3.56. The Morgan fingerprint density at radius 1 is 1.11 bits per heavy atom. The second kappa shape index (κ2) is 7.74. The summed E-state index contributed by atoms with van der Waals surface area (Å²) in [6.45, 7) is 2.82. The average Bonchev–Trinajstić information content (AvgIpc) is 3.24. The minimum atomic E-state index is -0.165. The second-order valence-electron chi connectivity index (χ2n) is 6.88. The summed E-state index contributed by atoms with van der Waals surface area (Å²) < 4.78 is 5.56. The van der Waals surface area contributed by atoms with Crippen LogP contribution in [0.5, 0.6) is 0 Å². The third-order valence-electron chi connectivity index (χ3n) is 5.13. The number of rotatable bonds is 4. The molecule has 1 fully saturated rings. The lowest BCUT2D eigenvalue weighted by Crippen LogP contribution is -2.38. The lowest BCUT2D eigenvalue weighted by Gasteiger charge is -2.33. The quantitative estimate of drug-likeness (QED) is 0.678. The molecule has 1 saturated heterocycles. The van der Waals surface area contributed by atoms with Gasteiger partial charge in [0.1, 0.15) is 6.04 Å². The van der Waals surface area contributed by atoms with E-state index in [4.69, 9.17) is 4.52 Å². The van der Waals surface area contributed by atoms with Crippen molar-refractivity contribution in [2.75, 3.05) is 6.54 Å². The summed E-state index contributed by atoms with van der Waals surface area (Å²) in [6.07, 6.45) is 3.85. The first kappa shape index (κ1) is 17.5. The van der Waals surface area contributed by atoms with Crippen LogP contribution in [0.3, 0.4) is 0 Å². The van der Waals surface area contributed by atoms with Gasteiger partial charge in [0, 0.05) is 17.7 Å². The van der Waals surface area contributed by atoms with E-state index in [2.05, 4.69) is 17.1 Å². The van der Waals surface area contributed by atoms with E-state index in [-0.39, 0.29) is 11.9 Å². The number of hydrogen-bond donors (Lipinski definition) is 0. The molecule has 4 rings (SSSR count). The van der Waals surface area contributed by atoms with Gasteiger partial charge in [-0.1, -0.05) is 54.5 Å². The maximum absolute atomic E-state index is 13.1. The molecule has 3 aromatic rings. The number of hydrogen-bond acceptors (Lipinski definition) is 4. The van der Waals surface area contributed by atoms with Crippen molar-refractivity contribution in [1.29, 1.82) is 0 Å². The van der Waals surface area contributed by atoms with E-state index in [1.807, 2.05) is 59.5 Å². The fraction of sp³-hybridized carbons (Fsp3) is 0.318. The standard InChI is InChI=1S/C22H23N3O2/c1-2-16-11-13-18(14-12-16)22(26)25-15-7-6-10-19(25)21-23-20(24-27-21)17-8-4-3-5-9-17/h3-5,8-9,11-14,19H,2,6-7,10,15H2,1H3/t19-/m1/s1. The Bertz CT molecular complexity index is 903. The maximum atomic E-state index is 13.1. The highest BCUT2D eigenvalue weighted by Gasteiger charge is 2.32. The normalized spacial score (nSPS) is 17.1. The predicted molar refractivity (Wildman–Crippen MR) is 103 cm³/mol. The molecule has 5 nitrogen and oxygen atoms in total. The van der Waals surface area contributed by atoms with Gasteiger partial charge in [-0.2, -0.15) is 4.98 Å². The van der Waals surface area contributed by atoms with Gasteiger partial charge in [0.25, 0.3) is 5.91 Å². The zero-order chi connectivity index (χ0) is 18.6. The van der Waals surface area contributed by atoms with Crippen molar-refractivity contribution in [3.8, 4) is 11.4 Å². The first-order valence-electron chi connectivity index (χ1n) is 9.55. The SMILES string of the molecule is CCc1ccc(C(=O)N2CCCC[C@@H]2c2nc(-c3ccccc3)no2)cc1. The molecule has 138 valence electrons. The van der Waals surface area contributed by atoms with Crippen LogP contribution in [0, 0.1) is 0 Å². The number of nitrogens with zero attached hydrogens (tertiary/aromatic N) is 3. The zero-order valence-electron chi connectivity index (χ0n) is 15.5. The van der Waals surface area contributed by atoms with E-state index < -0.39 is 0 Å². The van der Waals surface area contributed by atoms with Crippen molar-refractivity contribution in [3.05, 3.63) is 71.6 Å². The highest BCUT2D eigenvalue weighted by Crippen LogP contribution is 2.32. The zero-order valence-corrected chi connectivity index (χ0v) is 15.5. The number of carbonyl (C=O) groups is 1. The summed E-state index contributed by atoms with van der Waals surface area (Å²) in [4.78, 5) is 19.6. The van der Waals surface area contributed by atoms with Crippen LogP contribution in [0.2, 0.25) is 0 Å². The first-order chi connectivity index (χ1) is 13.3. The summed E-state index contributed by atoms with van der Waals surface area (Å²) in [6, 6.07) is 17.5. The van der Waals surface area contributed by atoms with Crippen molar-refractivity contribution < 1.29 is 9.32 Å². The van der Waals surface area contributed by atoms with Crippen LogP contribution < -0.4 is 0 Å². The van der Waals surface area contributed by atoms with Gasteiger partial charge >= 0.3 is 0 Å². The van der Waals surface area contributed by atoms with Crippen molar-refractivity contribution in [1.82, 2.24) is 15.0 Å². The van der Waals surface area contributed by atoms with Crippen LogP contribution in [0.1, 0.15) is 54.0 Å². The Kier molecular flexibility index (Phi) is 5.01. The number of amides is 1. The summed E-state index contributed by atoms with van der Waals surface area (Å²) >= 11 is 0. The highest BCUT2D eigenvalue weighted by atomic mass is 16.5. The van der Waals surface area contributed by atoms with Crippen molar-refractivity contribution in [3.63, 3.8) is 0 Å². The Morgan fingerprint density at radius 2 is 1.89 bits per heavy atom. The van der Waals surface area contributed by atoms with E-state index in [1.54, 1.807) is 0 Å². The van der Waals surface area contributed by atoms with Crippen LogP contribution in [-0.4, -0.2) is 27.5 Å². The van der Waals surface area contributed by atoms with Gasteiger partial charge in [-0.3, -0.25) is 4.79 Å². The molecule has 5 heteroatoms. The molecule has 27 heavy (non-hydrogen) atoms. The first-order valence-corrected chi connectivity index (χ1v) is 9.55. The van der Waals surface area contributed by atoms with E-state index in [0.717, 1.165) is 31.2 Å². The molecule has 0 radical (unpaired) electrons. The number of aromatic nitrogens is 2. The van der Waals surface area contributed by atoms with Gasteiger partial charge in [-0.25, -0.2) is 0 Å². The molecule has 0 bridgehead atoms. The third kappa shape index (κ3) is 3.63. The minimum absolute atomic E-state index is 0.0295. The van der Waals surface area contributed by atoms with Crippen molar-refractivity contribution >= 4 is 5.91 Å². The average molecular weight is 361 g/mol. The van der Waals surface area contributed by atoms with E-state index >= 15 is 0 Å². The number of aryl methyl sites for hydroxylation is 1. The monoisotopic (exact) mass is 361 g/mol. The summed E-state index contributed by atoms with van der Waals surface area (Å²) in [5.41, 5.74) is 2.85. The van der Waals surface area contributed by atoms with Crippen molar-refractivity contribution in [2.24, 2.45) is 0 Å². The summed E-state index contributed by atoms with van der Waals surface area (Å²) in [5, 5.41) is 4.13. The van der Waals surface area contributed by atoms with E-state index in [9.17, 15) is 4.79 Å². The van der Waals surface area contributed by atoms with Gasteiger partial charge < -0.3 is 9.42 Å². The molecule has 1 aliphatic heterocycles. The highest BCUT2D eigenvalue weighted by molar-refractivity contribution is 5.94. The van der Waals surface area contributed by atoms with Gasteiger partial charge in [0.15, 0.2) is 0 Å². The Morgan fingerprint density at radius 3 is 2.63 bits per heavy atom. The third-order valence-corrected chi connectivity index (χ3v) is 5.13. The van der Waals surface area contributed by atoms with Gasteiger partial charge in [0.2, 0.25) is 11.7 Å². The van der Waals surface area contributed by atoms with Crippen molar-refractivity contribution in [2.45, 2.75) is 38.6 Å². The minimum Gasteiger partial charge on any atom is -0.337 e. The molecule has 0 saturated carbocycles. The fourth-order valence-electron chi connectivity index (χ4n) is 3.56. The molecule has 2 heterocycles. The Labute approximate surface area is 159 Å². The topological polar surface area (TPSA) is 59.2 Å². The van der Waals surface area contributed by atoms with Gasteiger partial charge in [0.05, 0.1) is 0 Å². The van der Waals surface area contributed by atoms with E-state index in [0.29, 0.717) is 23.8 Å². The van der Waals surface area contributed by atoms with E-state index in [1.165, 1.54) is 5.56 Å². The smallest absolute Gasteiger partial charge is 0.254 e. The molecule has 1 aromatic heterocycles. The summed E-state index contributed by atoms with van der Waals surface area (Å²) in [5.74, 6) is 1.12. The summed E-state index contributed by atoms with van der Waals surface area (Å²) in [7, 11) is 0. The van der Waals surface area contributed by atoms with Crippen LogP contribution in [0.4, 0.5) is 0 Å². The van der Waals surface area contributed by atoms with Crippen LogP contribution in [-0.2, 0) is 6.42 Å². The largest absolute Gasteiger partial charge is 0.337 e. The van der Waals surface area contributed by atoms with Crippen LogP contribution in [0.15, 0.2) is 59.1 Å². The number of carbonyl (C=O) groups excluding carboxylic acids is 1. The number of piperidine rings is 1. The molecular formula is C22H23N3O2. The lowest BCUT2D eigenvalue weighted by molar-refractivity contribution is 0.0561. The van der Waals surface area contributed by atoms with Crippen LogP contribution in [0.25, 0.3) is 11.4 Å².